The van der Waals surface area contributed by atoms with Gasteiger partial charge in [0.25, 0.3) is 0 Å². The Morgan fingerprint density at radius 3 is 0.785 bits per heavy atom. The fraction of sp³-hybridized carbons (Fsp3) is 0.795. The quantitative estimate of drug-likeness (QED) is 0.0261. The van der Waals surface area contributed by atoms with Crippen LogP contribution in [0.2, 0.25) is 0 Å². The minimum Gasteiger partial charge on any atom is -0.462 e. The lowest BCUT2D eigenvalue weighted by Crippen LogP contribution is -2.30. The molecule has 6 heteroatoms. The number of esters is 3. The molecule has 0 aromatic carbocycles. The zero-order chi connectivity index (χ0) is 57.1. The highest BCUT2D eigenvalue weighted by atomic mass is 16.6. The van der Waals surface area contributed by atoms with Gasteiger partial charge in [0.1, 0.15) is 13.2 Å². The zero-order valence-electron chi connectivity index (χ0n) is 52.6. The second-order valence-corrected chi connectivity index (χ2v) is 23.1. The number of carbonyl (C=O) groups is 3. The second kappa shape index (κ2) is 67.4. The molecule has 0 heterocycles. The maximum absolute atomic E-state index is 12.9. The first-order chi connectivity index (χ1) is 39.0. The van der Waals surface area contributed by atoms with Gasteiger partial charge in [-0.05, 0) is 89.9 Å². The van der Waals surface area contributed by atoms with Crippen LogP contribution in [0.25, 0.3) is 0 Å². The monoisotopic (exact) mass is 1100 g/mol. The van der Waals surface area contributed by atoms with Crippen molar-refractivity contribution in [1.29, 1.82) is 0 Å². The van der Waals surface area contributed by atoms with E-state index in [1.165, 1.54) is 212 Å². The van der Waals surface area contributed by atoms with Gasteiger partial charge in [-0.15, -0.1) is 0 Å². The molecule has 0 saturated heterocycles. The summed E-state index contributed by atoms with van der Waals surface area (Å²) < 4.78 is 17.0. The van der Waals surface area contributed by atoms with Crippen molar-refractivity contribution >= 4 is 17.9 Å². The molecular formula is C73H130O6. The number of hydrogen-bond acceptors (Lipinski definition) is 6. The maximum Gasteiger partial charge on any atom is 0.306 e. The number of rotatable bonds is 63. The number of carbonyl (C=O) groups excluding carboxylic acids is 3. The van der Waals surface area contributed by atoms with E-state index < -0.39 is 6.10 Å². The van der Waals surface area contributed by atoms with Crippen molar-refractivity contribution in [2.24, 2.45) is 0 Å². The van der Waals surface area contributed by atoms with Crippen molar-refractivity contribution < 1.29 is 28.6 Å². The predicted molar refractivity (Wildman–Crippen MR) is 344 cm³/mol. The molecule has 0 aromatic rings. The molecule has 1 unspecified atom stereocenters. The van der Waals surface area contributed by atoms with Crippen LogP contribution in [0.15, 0.2) is 72.9 Å². The Hall–Kier alpha value is -3.15. The Kier molecular flexibility index (Phi) is 64.7. The van der Waals surface area contributed by atoms with Crippen molar-refractivity contribution in [3.63, 3.8) is 0 Å². The Morgan fingerprint density at radius 2 is 0.494 bits per heavy atom. The van der Waals surface area contributed by atoms with E-state index in [1.807, 2.05) is 0 Å². The predicted octanol–water partition coefficient (Wildman–Crippen LogP) is 23.7. The molecule has 0 rings (SSSR count). The van der Waals surface area contributed by atoms with Crippen LogP contribution in [0.4, 0.5) is 0 Å². The van der Waals surface area contributed by atoms with Gasteiger partial charge in [0, 0.05) is 19.3 Å². The van der Waals surface area contributed by atoms with Gasteiger partial charge in [-0.25, -0.2) is 0 Å². The molecule has 0 bridgehead atoms. The Bertz CT molecular complexity index is 1450. The SMILES string of the molecule is CC/C=C\C/C=C\C/C=C\C/C=C\C/C=C\CCCCCCCCCCCC(=O)OCC(COC(=O)CCCCCCC/C=C\CCCCCCC)OC(=O)CCCCCCCCCCCCCCCCCCCCCCCC. The van der Waals surface area contributed by atoms with Crippen molar-refractivity contribution in [3.8, 4) is 0 Å². The molecular weight excluding hydrogens is 973 g/mol. The zero-order valence-corrected chi connectivity index (χ0v) is 52.6. The molecule has 0 N–H and O–H groups in total. The van der Waals surface area contributed by atoms with Crippen LogP contribution in [0, 0.1) is 0 Å². The van der Waals surface area contributed by atoms with Gasteiger partial charge >= 0.3 is 17.9 Å². The molecule has 0 aliphatic carbocycles. The summed E-state index contributed by atoms with van der Waals surface area (Å²) in [5.74, 6) is -0.870. The van der Waals surface area contributed by atoms with E-state index in [0.29, 0.717) is 19.3 Å². The summed E-state index contributed by atoms with van der Waals surface area (Å²) in [6.45, 7) is 6.56. The van der Waals surface area contributed by atoms with E-state index in [1.54, 1.807) is 0 Å². The number of allylic oxidation sites excluding steroid dienone is 12. The molecule has 458 valence electrons. The molecule has 0 aliphatic heterocycles. The molecule has 0 amide bonds. The number of hydrogen-bond donors (Lipinski definition) is 0. The lowest BCUT2D eigenvalue weighted by atomic mass is 10.0. The Morgan fingerprint density at radius 1 is 0.266 bits per heavy atom. The first kappa shape index (κ1) is 75.8. The highest BCUT2D eigenvalue weighted by molar-refractivity contribution is 5.71. The fourth-order valence-electron chi connectivity index (χ4n) is 10.1. The van der Waals surface area contributed by atoms with E-state index in [4.69, 9.17) is 14.2 Å². The first-order valence-electron chi connectivity index (χ1n) is 34.4. The van der Waals surface area contributed by atoms with Crippen molar-refractivity contribution in [3.05, 3.63) is 72.9 Å². The van der Waals surface area contributed by atoms with Crippen LogP contribution >= 0.6 is 0 Å². The largest absolute Gasteiger partial charge is 0.462 e. The van der Waals surface area contributed by atoms with Gasteiger partial charge in [0.05, 0.1) is 0 Å². The van der Waals surface area contributed by atoms with Crippen LogP contribution in [0.3, 0.4) is 0 Å². The van der Waals surface area contributed by atoms with Gasteiger partial charge < -0.3 is 14.2 Å². The lowest BCUT2D eigenvalue weighted by molar-refractivity contribution is -0.167. The topological polar surface area (TPSA) is 78.9 Å². The molecule has 0 fully saturated rings. The van der Waals surface area contributed by atoms with E-state index in [2.05, 4.69) is 93.7 Å². The van der Waals surface area contributed by atoms with Gasteiger partial charge in [-0.2, -0.15) is 0 Å². The molecule has 0 saturated carbocycles. The normalized spacial score (nSPS) is 12.5. The van der Waals surface area contributed by atoms with Gasteiger partial charge in [-0.3, -0.25) is 14.4 Å². The number of ether oxygens (including phenoxy) is 3. The van der Waals surface area contributed by atoms with E-state index >= 15 is 0 Å². The summed E-state index contributed by atoms with van der Waals surface area (Å²) in [7, 11) is 0. The second-order valence-electron chi connectivity index (χ2n) is 23.1. The van der Waals surface area contributed by atoms with E-state index in [9.17, 15) is 14.4 Å². The summed E-state index contributed by atoms with van der Waals surface area (Å²) in [6.07, 6.45) is 87.8. The molecule has 0 radical (unpaired) electrons. The van der Waals surface area contributed by atoms with Crippen LogP contribution in [-0.4, -0.2) is 37.2 Å². The molecule has 0 aliphatic rings. The fourth-order valence-corrected chi connectivity index (χ4v) is 10.1. The summed E-state index contributed by atoms with van der Waals surface area (Å²) in [4.78, 5) is 38.4. The summed E-state index contributed by atoms with van der Waals surface area (Å²) in [5.41, 5.74) is 0. The van der Waals surface area contributed by atoms with Crippen LogP contribution in [0.5, 0.6) is 0 Å². The third kappa shape index (κ3) is 65.5. The Balaban J connectivity index is 4.31. The minimum absolute atomic E-state index is 0.0778. The Labute approximate surface area is 491 Å². The average Bonchev–Trinajstić information content (AvgIpc) is 3.45. The van der Waals surface area contributed by atoms with Crippen molar-refractivity contribution in [2.75, 3.05) is 13.2 Å². The van der Waals surface area contributed by atoms with Crippen molar-refractivity contribution in [1.82, 2.24) is 0 Å². The maximum atomic E-state index is 12.9. The smallest absolute Gasteiger partial charge is 0.306 e. The number of unbranched alkanes of at least 4 members (excludes halogenated alkanes) is 40. The summed E-state index contributed by atoms with van der Waals surface area (Å²) >= 11 is 0. The van der Waals surface area contributed by atoms with Crippen molar-refractivity contribution in [2.45, 2.75) is 361 Å². The summed E-state index contributed by atoms with van der Waals surface area (Å²) in [5, 5.41) is 0. The lowest BCUT2D eigenvalue weighted by Gasteiger charge is -2.18. The van der Waals surface area contributed by atoms with Gasteiger partial charge in [0.2, 0.25) is 0 Å². The minimum atomic E-state index is -0.781. The molecule has 0 aromatic heterocycles. The van der Waals surface area contributed by atoms with Gasteiger partial charge in [0.15, 0.2) is 6.10 Å². The third-order valence-corrected chi connectivity index (χ3v) is 15.2. The van der Waals surface area contributed by atoms with E-state index in [-0.39, 0.29) is 31.1 Å². The van der Waals surface area contributed by atoms with Crippen LogP contribution in [-0.2, 0) is 28.6 Å². The van der Waals surface area contributed by atoms with Crippen LogP contribution in [0.1, 0.15) is 355 Å². The molecule has 1 atom stereocenters. The summed E-state index contributed by atoms with van der Waals surface area (Å²) in [6, 6.07) is 0. The first-order valence-corrected chi connectivity index (χ1v) is 34.4. The van der Waals surface area contributed by atoms with E-state index in [0.717, 1.165) is 103 Å². The highest BCUT2D eigenvalue weighted by Crippen LogP contribution is 2.18. The molecule has 79 heavy (non-hydrogen) atoms. The van der Waals surface area contributed by atoms with Gasteiger partial charge in [-0.1, -0.05) is 318 Å². The standard InChI is InChI=1S/C73H130O6/c1-4-7-10-13-16-19-22-25-28-30-32-34-36-37-38-40-41-43-45-48-51-54-57-60-63-66-72(75)78-69-70(68-77-71(74)65-62-59-56-53-50-47-27-24-21-18-15-12-9-6-3)79-73(76)67-64-61-58-55-52-49-46-44-42-39-35-33-31-29-26-23-20-17-14-11-8-5-2/h7,10,16,19,24-25,27-28,32,34,37-38,70H,4-6,8-9,11-15,17-18,20-23,26,29-31,33,35-36,39-69H2,1-3H3/b10-7-,19-16-,27-24-,28-25-,34-32-,38-37-. The third-order valence-electron chi connectivity index (χ3n) is 15.2. The average molecular weight is 1100 g/mol. The van der Waals surface area contributed by atoms with Crippen LogP contribution < -0.4 is 0 Å². The molecule has 6 nitrogen and oxygen atoms in total. The molecule has 0 spiro atoms. The highest BCUT2D eigenvalue weighted by Gasteiger charge is 2.19.